The van der Waals surface area contributed by atoms with E-state index in [9.17, 15) is 14.7 Å². The van der Waals surface area contributed by atoms with E-state index in [-0.39, 0.29) is 37.0 Å². The van der Waals surface area contributed by atoms with Crippen LogP contribution < -0.4 is 10.8 Å². The molecule has 5 aromatic carbocycles. The molecule has 0 aromatic heterocycles. The maximum absolute atomic E-state index is 12.7. The smallest absolute Gasteiger partial charge is 0.243 e. The molecule has 2 amide bonds. The highest BCUT2D eigenvalue weighted by molar-refractivity contribution is 5.76. The Hall–Kier alpha value is -5.16. The zero-order valence-corrected chi connectivity index (χ0v) is 31.9. The third kappa shape index (κ3) is 12.2. The van der Waals surface area contributed by atoms with Gasteiger partial charge in [0, 0.05) is 51.0 Å². The molecule has 4 N–H and O–H groups in total. The third-order valence-corrected chi connectivity index (χ3v) is 10.2. The SMILES string of the molecule is O=C(CCCCCCC(=O)NCc1ccccc1-c1ccc(C2OC(CN(Cc3ccccc3)Cc3ccccc3)CC(c3ccc(CO)cc3)O2)cc1)NO. The quantitative estimate of drug-likeness (QED) is 0.0379. The van der Waals surface area contributed by atoms with Crippen molar-refractivity contribution in [2.24, 2.45) is 0 Å². The number of unbranched alkanes of at least 4 members (excludes halogenated alkanes) is 3. The van der Waals surface area contributed by atoms with Gasteiger partial charge in [0.15, 0.2) is 6.29 Å². The average Bonchev–Trinajstić information content (AvgIpc) is 3.24. The summed E-state index contributed by atoms with van der Waals surface area (Å²) in [7, 11) is 0. The number of nitrogens with one attached hydrogen (secondary N) is 2. The van der Waals surface area contributed by atoms with Gasteiger partial charge in [0.2, 0.25) is 11.8 Å². The second kappa shape index (κ2) is 21.2. The number of carbonyl (C=O) groups is 2. The molecule has 0 spiro atoms. The van der Waals surface area contributed by atoms with Crippen LogP contribution in [0.25, 0.3) is 11.1 Å². The Kier molecular flexibility index (Phi) is 15.4. The summed E-state index contributed by atoms with van der Waals surface area (Å²) < 4.78 is 13.5. The number of carbonyl (C=O) groups excluding carboxylic acids is 2. The van der Waals surface area contributed by atoms with E-state index in [1.807, 2.05) is 54.6 Å². The standard InChI is InChI=1S/C47H53N3O6/c51-34-37-21-23-39(24-22-37)44-29-42(33-50(31-35-13-5-3-6-14-35)32-36-15-7-4-8-16-36)55-47(56-44)40-27-25-38(26-28-40)43-18-12-11-17-41(43)30-48-45(52)19-9-1-2-10-20-46(53)49-54/h3-8,11-18,21-28,42,44,47,51,54H,1-2,9-10,19-20,29-34H2,(H,48,52)(H,49,53). The number of ether oxygens (including phenoxy) is 2. The number of nitrogens with zero attached hydrogens (tertiary/aromatic N) is 1. The molecule has 0 saturated carbocycles. The van der Waals surface area contributed by atoms with Crippen LogP contribution in [0, 0.1) is 0 Å². The summed E-state index contributed by atoms with van der Waals surface area (Å²) in [5.74, 6) is -0.386. The number of benzene rings is 5. The first kappa shape index (κ1) is 40.5. The molecule has 56 heavy (non-hydrogen) atoms. The van der Waals surface area contributed by atoms with Crippen molar-refractivity contribution in [1.82, 2.24) is 15.7 Å². The van der Waals surface area contributed by atoms with Crippen LogP contribution in [-0.2, 0) is 45.3 Å². The first-order valence-corrected chi connectivity index (χ1v) is 19.7. The molecule has 1 aliphatic rings. The molecule has 1 fully saturated rings. The molecule has 9 nitrogen and oxygen atoms in total. The van der Waals surface area contributed by atoms with Gasteiger partial charge in [-0.2, -0.15) is 0 Å². The van der Waals surface area contributed by atoms with Crippen molar-refractivity contribution in [3.8, 4) is 11.1 Å². The van der Waals surface area contributed by atoms with Gasteiger partial charge in [-0.05, 0) is 51.8 Å². The first-order chi connectivity index (χ1) is 27.5. The number of amides is 2. The Bertz CT molecular complexity index is 1900. The van der Waals surface area contributed by atoms with Crippen LogP contribution in [0.2, 0.25) is 0 Å². The molecule has 6 rings (SSSR count). The van der Waals surface area contributed by atoms with Gasteiger partial charge in [-0.15, -0.1) is 0 Å². The van der Waals surface area contributed by atoms with Gasteiger partial charge < -0.3 is 19.9 Å². The fourth-order valence-electron chi connectivity index (χ4n) is 7.23. The fourth-order valence-corrected chi connectivity index (χ4v) is 7.23. The first-order valence-electron chi connectivity index (χ1n) is 19.7. The van der Waals surface area contributed by atoms with E-state index in [2.05, 4.69) is 89.1 Å². The van der Waals surface area contributed by atoms with Crippen LogP contribution in [0.5, 0.6) is 0 Å². The molecule has 3 unspecified atom stereocenters. The molecule has 292 valence electrons. The lowest BCUT2D eigenvalue weighted by atomic mass is 9.97. The number of hydrogen-bond donors (Lipinski definition) is 4. The number of rotatable bonds is 19. The predicted molar refractivity (Wildman–Crippen MR) is 217 cm³/mol. The summed E-state index contributed by atoms with van der Waals surface area (Å²) in [4.78, 5) is 26.3. The number of hydroxylamine groups is 1. The average molecular weight is 756 g/mol. The summed E-state index contributed by atoms with van der Waals surface area (Å²) in [6.07, 6.45) is 3.62. The Morgan fingerprint density at radius 2 is 1.23 bits per heavy atom. The van der Waals surface area contributed by atoms with Crippen LogP contribution in [-0.4, -0.2) is 39.7 Å². The molecule has 5 aromatic rings. The fraction of sp³-hybridized carbons (Fsp3) is 0.319. The molecule has 3 atom stereocenters. The lowest BCUT2D eigenvalue weighted by Crippen LogP contribution is -2.39. The van der Waals surface area contributed by atoms with Crippen LogP contribution in [0.3, 0.4) is 0 Å². The minimum atomic E-state index is -0.581. The lowest BCUT2D eigenvalue weighted by molar-refractivity contribution is -0.253. The summed E-state index contributed by atoms with van der Waals surface area (Å²) in [5.41, 5.74) is 10.1. The van der Waals surface area contributed by atoms with Gasteiger partial charge in [-0.1, -0.05) is 146 Å². The van der Waals surface area contributed by atoms with E-state index in [0.717, 1.165) is 72.3 Å². The lowest BCUT2D eigenvalue weighted by Gasteiger charge is -2.38. The summed E-state index contributed by atoms with van der Waals surface area (Å²) in [6, 6.07) is 45.5. The number of aliphatic hydroxyl groups is 1. The Morgan fingerprint density at radius 3 is 1.86 bits per heavy atom. The van der Waals surface area contributed by atoms with Gasteiger partial charge in [0.25, 0.3) is 0 Å². The van der Waals surface area contributed by atoms with Crippen molar-refractivity contribution in [2.75, 3.05) is 6.54 Å². The van der Waals surface area contributed by atoms with Crippen molar-refractivity contribution in [3.63, 3.8) is 0 Å². The van der Waals surface area contributed by atoms with Gasteiger partial charge in [0.1, 0.15) is 0 Å². The third-order valence-electron chi connectivity index (χ3n) is 10.2. The predicted octanol–water partition coefficient (Wildman–Crippen LogP) is 8.56. The van der Waals surface area contributed by atoms with E-state index in [4.69, 9.17) is 14.7 Å². The zero-order valence-electron chi connectivity index (χ0n) is 31.9. The number of hydrogen-bond acceptors (Lipinski definition) is 7. The van der Waals surface area contributed by atoms with Crippen LogP contribution >= 0.6 is 0 Å². The van der Waals surface area contributed by atoms with E-state index < -0.39 is 6.29 Å². The molecular formula is C47H53N3O6. The molecule has 1 saturated heterocycles. The van der Waals surface area contributed by atoms with Crippen LogP contribution in [0.15, 0.2) is 133 Å². The van der Waals surface area contributed by atoms with E-state index >= 15 is 0 Å². The Balaban J connectivity index is 1.14. The van der Waals surface area contributed by atoms with Gasteiger partial charge >= 0.3 is 0 Å². The van der Waals surface area contributed by atoms with Crippen LogP contribution in [0.4, 0.5) is 0 Å². The molecule has 1 heterocycles. The maximum atomic E-state index is 12.7. The molecule has 0 radical (unpaired) electrons. The van der Waals surface area contributed by atoms with Crippen molar-refractivity contribution < 1.29 is 29.4 Å². The normalized spacial score (nSPS) is 16.7. The van der Waals surface area contributed by atoms with E-state index in [1.165, 1.54) is 11.1 Å². The summed E-state index contributed by atoms with van der Waals surface area (Å²) in [5, 5.41) is 21.4. The molecular weight excluding hydrogens is 703 g/mol. The van der Waals surface area contributed by atoms with Gasteiger partial charge in [-0.25, -0.2) is 5.48 Å². The van der Waals surface area contributed by atoms with Crippen molar-refractivity contribution in [3.05, 3.63) is 167 Å². The van der Waals surface area contributed by atoms with Crippen LogP contribution in [0.1, 0.15) is 90.7 Å². The molecule has 1 aliphatic heterocycles. The van der Waals surface area contributed by atoms with Gasteiger partial charge in [-0.3, -0.25) is 19.7 Å². The minimum absolute atomic E-state index is 0.00365. The molecule has 0 aliphatic carbocycles. The highest BCUT2D eigenvalue weighted by Crippen LogP contribution is 2.39. The second-order valence-electron chi connectivity index (χ2n) is 14.5. The second-order valence-corrected chi connectivity index (χ2v) is 14.5. The topological polar surface area (TPSA) is 120 Å². The van der Waals surface area contributed by atoms with Crippen molar-refractivity contribution in [2.45, 2.75) is 89.7 Å². The maximum Gasteiger partial charge on any atom is 0.243 e. The highest BCUT2D eigenvalue weighted by atomic mass is 16.7. The van der Waals surface area contributed by atoms with Crippen molar-refractivity contribution >= 4 is 11.8 Å². The zero-order chi connectivity index (χ0) is 39.0. The highest BCUT2D eigenvalue weighted by Gasteiger charge is 2.33. The minimum Gasteiger partial charge on any atom is -0.392 e. The Morgan fingerprint density at radius 1 is 0.643 bits per heavy atom. The van der Waals surface area contributed by atoms with Gasteiger partial charge in [0.05, 0.1) is 18.8 Å². The summed E-state index contributed by atoms with van der Waals surface area (Å²) >= 11 is 0. The monoisotopic (exact) mass is 755 g/mol. The van der Waals surface area contributed by atoms with Crippen molar-refractivity contribution in [1.29, 1.82) is 0 Å². The number of aliphatic hydroxyl groups excluding tert-OH is 1. The summed E-state index contributed by atoms with van der Waals surface area (Å²) in [6.45, 7) is 2.71. The molecule has 0 bridgehead atoms. The largest absolute Gasteiger partial charge is 0.392 e. The Labute approximate surface area is 330 Å². The van der Waals surface area contributed by atoms with E-state index in [1.54, 1.807) is 5.48 Å². The molecule has 9 heteroatoms. The van der Waals surface area contributed by atoms with E-state index in [0.29, 0.717) is 25.8 Å².